The second-order valence-electron chi connectivity index (χ2n) is 4.25. The molecule has 1 fully saturated rings. The van der Waals surface area contributed by atoms with Gasteiger partial charge in [0, 0.05) is 18.7 Å². The summed E-state index contributed by atoms with van der Waals surface area (Å²) in [4.78, 5) is 0. The van der Waals surface area contributed by atoms with E-state index in [0.29, 0.717) is 0 Å². The van der Waals surface area contributed by atoms with Crippen LogP contribution in [-0.2, 0) is 13.1 Å². The van der Waals surface area contributed by atoms with Crippen molar-refractivity contribution in [3.63, 3.8) is 0 Å². The second-order valence-corrected chi connectivity index (χ2v) is 4.25. The molecule has 0 atom stereocenters. The van der Waals surface area contributed by atoms with Gasteiger partial charge in [0.25, 0.3) is 0 Å². The van der Waals surface area contributed by atoms with E-state index in [-0.39, 0.29) is 0 Å². The predicted molar refractivity (Wildman–Crippen MR) is 55.2 cm³/mol. The van der Waals surface area contributed by atoms with Crippen molar-refractivity contribution in [1.82, 2.24) is 5.32 Å². The number of rotatable bonds is 3. The largest absolute Gasteiger partial charge is 0.493 e. The fourth-order valence-electron chi connectivity index (χ4n) is 1.93. The lowest BCUT2D eigenvalue weighted by Gasteiger charge is -2.09. The maximum atomic E-state index is 5.83. The van der Waals surface area contributed by atoms with Crippen LogP contribution in [0.4, 0.5) is 0 Å². The van der Waals surface area contributed by atoms with Gasteiger partial charge in [0.15, 0.2) is 0 Å². The van der Waals surface area contributed by atoms with Crippen LogP contribution in [0.3, 0.4) is 0 Å². The quantitative estimate of drug-likeness (QED) is 0.786. The normalized spacial score (nSPS) is 19.4. The van der Waals surface area contributed by atoms with Gasteiger partial charge in [0.1, 0.15) is 5.75 Å². The topological polar surface area (TPSA) is 21.3 Å². The van der Waals surface area contributed by atoms with Gasteiger partial charge in [0.05, 0.1) is 6.61 Å². The molecule has 0 aromatic heterocycles. The molecule has 1 aromatic carbocycles. The zero-order chi connectivity index (χ0) is 9.38. The van der Waals surface area contributed by atoms with Crippen molar-refractivity contribution in [1.29, 1.82) is 0 Å². The lowest BCUT2D eigenvalue weighted by molar-refractivity contribution is 0.297. The van der Waals surface area contributed by atoms with Crippen molar-refractivity contribution in [3.05, 3.63) is 29.3 Å². The van der Waals surface area contributed by atoms with Gasteiger partial charge < -0.3 is 10.1 Å². The van der Waals surface area contributed by atoms with E-state index in [1.165, 1.54) is 24.0 Å². The van der Waals surface area contributed by atoms with Gasteiger partial charge in [-0.05, 0) is 30.4 Å². The van der Waals surface area contributed by atoms with Crippen LogP contribution < -0.4 is 10.1 Å². The molecule has 1 heterocycles. The van der Waals surface area contributed by atoms with Crippen LogP contribution in [0, 0.1) is 5.92 Å². The molecule has 2 nitrogen and oxygen atoms in total. The Morgan fingerprint density at radius 1 is 1.29 bits per heavy atom. The predicted octanol–water partition coefficient (Wildman–Crippen LogP) is 2.08. The lowest BCUT2D eigenvalue weighted by atomic mass is 10.1. The molecule has 1 aliphatic heterocycles. The molecule has 0 saturated heterocycles. The number of nitrogens with one attached hydrogen (secondary N) is 1. The van der Waals surface area contributed by atoms with Gasteiger partial charge in [-0.2, -0.15) is 0 Å². The van der Waals surface area contributed by atoms with Crippen LogP contribution in [0.15, 0.2) is 18.2 Å². The first-order chi connectivity index (χ1) is 6.93. The number of fused-ring (bicyclic) bond motifs is 1. The average molecular weight is 189 g/mol. The Morgan fingerprint density at radius 2 is 2.21 bits per heavy atom. The van der Waals surface area contributed by atoms with E-state index in [1.54, 1.807) is 0 Å². The van der Waals surface area contributed by atoms with E-state index in [1.807, 2.05) is 0 Å². The molecule has 74 valence electrons. The van der Waals surface area contributed by atoms with Crippen LogP contribution >= 0.6 is 0 Å². The summed E-state index contributed by atoms with van der Waals surface area (Å²) in [5.74, 6) is 1.93. The number of ether oxygens (including phenoxy) is 1. The lowest BCUT2D eigenvalue weighted by Crippen LogP contribution is -2.03. The maximum Gasteiger partial charge on any atom is 0.124 e. The minimum absolute atomic E-state index is 0.834. The molecule has 0 amide bonds. The van der Waals surface area contributed by atoms with Crippen molar-refractivity contribution in [2.45, 2.75) is 25.9 Å². The van der Waals surface area contributed by atoms with Gasteiger partial charge in [-0.1, -0.05) is 12.1 Å². The molecule has 2 heteroatoms. The molecule has 3 rings (SSSR count). The smallest absolute Gasteiger partial charge is 0.124 e. The van der Waals surface area contributed by atoms with Gasteiger partial charge in [-0.3, -0.25) is 0 Å². The minimum Gasteiger partial charge on any atom is -0.493 e. The third kappa shape index (κ3) is 1.50. The summed E-state index contributed by atoms with van der Waals surface area (Å²) in [6.07, 6.45) is 2.71. The number of hydrogen-bond acceptors (Lipinski definition) is 2. The molecule has 0 bridgehead atoms. The highest BCUT2D eigenvalue weighted by Crippen LogP contribution is 2.31. The van der Waals surface area contributed by atoms with Gasteiger partial charge in [-0.15, -0.1) is 0 Å². The zero-order valence-electron chi connectivity index (χ0n) is 8.25. The summed E-state index contributed by atoms with van der Waals surface area (Å²) in [6, 6.07) is 6.36. The fraction of sp³-hybridized carbons (Fsp3) is 0.500. The first kappa shape index (κ1) is 8.30. The average Bonchev–Trinajstić information content (AvgIpc) is 2.91. The minimum atomic E-state index is 0.834. The standard InChI is InChI=1S/C12H15NO/c1-2-10-6-13-7-11(10)12(3-1)14-8-9-4-5-9/h1-3,9,13H,4-8H2. The molecule has 1 N–H and O–H groups in total. The Labute approximate surface area is 84.3 Å². The Hall–Kier alpha value is -1.02. The monoisotopic (exact) mass is 189 g/mol. The zero-order valence-corrected chi connectivity index (χ0v) is 8.25. The van der Waals surface area contributed by atoms with E-state index in [9.17, 15) is 0 Å². The third-order valence-electron chi connectivity index (χ3n) is 3.02. The van der Waals surface area contributed by atoms with E-state index in [0.717, 1.165) is 31.4 Å². The molecule has 1 aliphatic carbocycles. The van der Waals surface area contributed by atoms with Crippen molar-refractivity contribution in [3.8, 4) is 5.75 Å². The molecule has 0 unspecified atom stereocenters. The maximum absolute atomic E-state index is 5.83. The Kier molecular flexibility index (Phi) is 1.95. The third-order valence-corrected chi connectivity index (χ3v) is 3.02. The van der Waals surface area contributed by atoms with Crippen molar-refractivity contribution < 1.29 is 4.74 Å². The van der Waals surface area contributed by atoms with Gasteiger partial charge in [-0.25, -0.2) is 0 Å². The van der Waals surface area contributed by atoms with E-state index >= 15 is 0 Å². The fourth-order valence-corrected chi connectivity index (χ4v) is 1.93. The molecule has 0 spiro atoms. The molecule has 2 aliphatic rings. The van der Waals surface area contributed by atoms with Crippen LogP contribution in [0.2, 0.25) is 0 Å². The summed E-state index contributed by atoms with van der Waals surface area (Å²) >= 11 is 0. The highest BCUT2D eigenvalue weighted by molar-refractivity contribution is 5.42. The summed E-state index contributed by atoms with van der Waals surface area (Å²) in [5, 5.41) is 3.35. The molecular formula is C12H15NO. The summed E-state index contributed by atoms with van der Waals surface area (Å²) in [7, 11) is 0. The van der Waals surface area contributed by atoms with Crippen LogP contribution in [-0.4, -0.2) is 6.61 Å². The van der Waals surface area contributed by atoms with Gasteiger partial charge in [0.2, 0.25) is 0 Å². The van der Waals surface area contributed by atoms with Crippen LogP contribution in [0.5, 0.6) is 5.75 Å². The molecule has 0 radical (unpaired) electrons. The first-order valence-corrected chi connectivity index (χ1v) is 5.38. The molecule has 14 heavy (non-hydrogen) atoms. The Balaban J connectivity index is 1.78. The highest BCUT2D eigenvalue weighted by Gasteiger charge is 2.23. The van der Waals surface area contributed by atoms with E-state index < -0.39 is 0 Å². The van der Waals surface area contributed by atoms with E-state index in [4.69, 9.17) is 4.74 Å². The number of benzene rings is 1. The van der Waals surface area contributed by atoms with Crippen LogP contribution in [0.1, 0.15) is 24.0 Å². The van der Waals surface area contributed by atoms with Crippen molar-refractivity contribution in [2.75, 3.05) is 6.61 Å². The Bertz CT molecular complexity index is 344. The summed E-state index contributed by atoms with van der Waals surface area (Å²) < 4.78 is 5.83. The second kappa shape index (κ2) is 3.28. The highest BCUT2D eigenvalue weighted by atomic mass is 16.5. The summed E-state index contributed by atoms with van der Waals surface area (Å²) in [6.45, 7) is 2.88. The SMILES string of the molecule is c1cc2c(c(OCC3CC3)c1)CNC2. The number of hydrogen-bond donors (Lipinski definition) is 1. The van der Waals surface area contributed by atoms with E-state index in [2.05, 4.69) is 23.5 Å². The van der Waals surface area contributed by atoms with Crippen LogP contribution in [0.25, 0.3) is 0 Å². The molecule has 1 aromatic rings. The van der Waals surface area contributed by atoms with Gasteiger partial charge >= 0.3 is 0 Å². The summed E-state index contributed by atoms with van der Waals surface area (Å²) in [5.41, 5.74) is 2.77. The molecule has 1 saturated carbocycles. The Morgan fingerprint density at radius 3 is 3.07 bits per heavy atom. The van der Waals surface area contributed by atoms with Crippen molar-refractivity contribution >= 4 is 0 Å². The molecular weight excluding hydrogens is 174 g/mol. The van der Waals surface area contributed by atoms with Crippen molar-refractivity contribution in [2.24, 2.45) is 5.92 Å². The first-order valence-electron chi connectivity index (χ1n) is 5.38.